The summed E-state index contributed by atoms with van der Waals surface area (Å²) in [7, 11) is 0. The highest BCUT2D eigenvalue weighted by atomic mass is 14.5. The Morgan fingerprint density at radius 2 is 1.86 bits per heavy atom. The molecule has 0 saturated carbocycles. The molecule has 1 aromatic carbocycles. The Bertz CT molecular complexity index is 302. The van der Waals surface area contributed by atoms with Crippen LogP contribution in [0.15, 0.2) is 18.2 Å². The maximum atomic E-state index is 5.80. The lowest BCUT2D eigenvalue weighted by Crippen LogP contribution is -2.02. The summed E-state index contributed by atoms with van der Waals surface area (Å²) < 4.78 is 0. The van der Waals surface area contributed by atoms with Crippen molar-refractivity contribution in [3.63, 3.8) is 0 Å². The predicted molar refractivity (Wildman–Crippen MR) is 63.5 cm³/mol. The average molecular weight is 191 g/mol. The van der Waals surface area contributed by atoms with E-state index in [0.717, 1.165) is 11.6 Å². The summed E-state index contributed by atoms with van der Waals surface area (Å²) in [5, 5.41) is 0. The number of nitrogens with two attached hydrogens (primary N) is 1. The minimum absolute atomic E-state index is 0.610. The normalized spacial score (nSPS) is 13.2. The zero-order chi connectivity index (χ0) is 10.7. The second-order valence-electron chi connectivity index (χ2n) is 4.65. The molecule has 1 aromatic rings. The molecule has 78 valence electrons. The van der Waals surface area contributed by atoms with Crippen LogP contribution in [0.4, 0.5) is 5.69 Å². The fourth-order valence-electron chi connectivity index (χ4n) is 2.02. The predicted octanol–water partition coefficient (Wildman–Crippen LogP) is 3.73. The molecule has 14 heavy (non-hydrogen) atoms. The summed E-state index contributed by atoms with van der Waals surface area (Å²) in [5.74, 6) is 1.35. The van der Waals surface area contributed by atoms with Crippen LogP contribution in [0, 0.1) is 12.8 Å². The molecular weight excluding hydrogens is 170 g/mol. The van der Waals surface area contributed by atoms with Gasteiger partial charge in [0.2, 0.25) is 0 Å². The Morgan fingerprint density at radius 3 is 2.43 bits per heavy atom. The third-order valence-electron chi connectivity index (χ3n) is 2.66. The second-order valence-corrected chi connectivity index (χ2v) is 4.65. The molecule has 1 unspecified atom stereocenters. The Hall–Kier alpha value is -0.980. The second kappa shape index (κ2) is 4.50. The molecule has 0 bridgehead atoms. The molecule has 0 aliphatic heterocycles. The number of nitrogen functional groups attached to an aromatic ring is 1. The van der Waals surface area contributed by atoms with Crippen LogP contribution in [0.3, 0.4) is 0 Å². The number of rotatable bonds is 3. The fourth-order valence-corrected chi connectivity index (χ4v) is 2.02. The highest BCUT2D eigenvalue weighted by molar-refractivity contribution is 5.45. The monoisotopic (exact) mass is 191 g/mol. The van der Waals surface area contributed by atoms with Gasteiger partial charge in [-0.15, -0.1) is 0 Å². The van der Waals surface area contributed by atoms with Gasteiger partial charge in [-0.1, -0.05) is 26.8 Å². The topological polar surface area (TPSA) is 26.0 Å². The van der Waals surface area contributed by atoms with E-state index in [1.807, 2.05) is 6.07 Å². The third kappa shape index (κ3) is 2.76. The van der Waals surface area contributed by atoms with Gasteiger partial charge < -0.3 is 5.73 Å². The molecule has 0 aliphatic carbocycles. The summed E-state index contributed by atoms with van der Waals surface area (Å²) in [6.07, 6.45) is 1.23. The highest BCUT2D eigenvalue weighted by Crippen LogP contribution is 2.27. The minimum atomic E-state index is 0.610. The maximum Gasteiger partial charge on any atom is 0.0317 e. The Morgan fingerprint density at radius 1 is 1.21 bits per heavy atom. The van der Waals surface area contributed by atoms with E-state index in [1.165, 1.54) is 17.5 Å². The van der Waals surface area contributed by atoms with Crippen LogP contribution in [-0.4, -0.2) is 0 Å². The molecule has 0 spiro atoms. The van der Waals surface area contributed by atoms with Gasteiger partial charge in [0, 0.05) is 5.69 Å². The summed E-state index contributed by atoms with van der Waals surface area (Å²) in [4.78, 5) is 0. The first-order valence-corrected chi connectivity index (χ1v) is 5.36. The molecule has 0 heterocycles. The van der Waals surface area contributed by atoms with Crippen molar-refractivity contribution in [1.29, 1.82) is 0 Å². The third-order valence-corrected chi connectivity index (χ3v) is 2.66. The van der Waals surface area contributed by atoms with E-state index in [-0.39, 0.29) is 0 Å². The van der Waals surface area contributed by atoms with E-state index in [2.05, 4.69) is 39.8 Å². The first-order valence-electron chi connectivity index (χ1n) is 5.36. The van der Waals surface area contributed by atoms with Crippen LogP contribution in [0.25, 0.3) is 0 Å². The molecule has 0 radical (unpaired) electrons. The van der Waals surface area contributed by atoms with Crippen molar-refractivity contribution in [3.05, 3.63) is 29.3 Å². The van der Waals surface area contributed by atoms with Crippen molar-refractivity contribution >= 4 is 5.69 Å². The van der Waals surface area contributed by atoms with Gasteiger partial charge in [-0.2, -0.15) is 0 Å². The van der Waals surface area contributed by atoms with Crippen molar-refractivity contribution in [2.24, 2.45) is 5.92 Å². The Labute approximate surface area is 87.3 Å². The van der Waals surface area contributed by atoms with E-state index in [1.54, 1.807) is 0 Å². The Balaban J connectivity index is 2.88. The molecule has 1 atom stereocenters. The molecule has 0 fully saturated rings. The lowest BCUT2D eigenvalue weighted by Gasteiger charge is -2.17. The molecule has 0 aliphatic rings. The van der Waals surface area contributed by atoms with Crippen LogP contribution >= 0.6 is 0 Å². The number of benzene rings is 1. The van der Waals surface area contributed by atoms with Gasteiger partial charge >= 0.3 is 0 Å². The first-order chi connectivity index (χ1) is 6.50. The van der Waals surface area contributed by atoms with Crippen LogP contribution in [0.1, 0.15) is 44.2 Å². The van der Waals surface area contributed by atoms with Crippen molar-refractivity contribution in [1.82, 2.24) is 0 Å². The van der Waals surface area contributed by atoms with Crippen molar-refractivity contribution in [2.75, 3.05) is 5.73 Å². The first kappa shape index (κ1) is 11.1. The van der Waals surface area contributed by atoms with E-state index in [0.29, 0.717) is 5.92 Å². The van der Waals surface area contributed by atoms with Gasteiger partial charge in [0.25, 0.3) is 0 Å². The number of aryl methyl sites for hydroxylation is 1. The van der Waals surface area contributed by atoms with Gasteiger partial charge in [0.15, 0.2) is 0 Å². The molecule has 2 N–H and O–H groups in total. The van der Waals surface area contributed by atoms with Gasteiger partial charge in [-0.3, -0.25) is 0 Å². The zero-order valence-corrected chi connectivity index (χ0v) is 9.67. The number of hydrogen-bond donors (Lipinski definition) is 1. The summed E-state index contributed by atoms with van der Waals surface area (Å²) >= 11 is 0. The van der Waals surface area contributed by atoms with Crippen molar-refractivity contribution < 1.29 is 0 Å². The van der Waals surface area contributed by atoms with Gasteiger partial charge in [-0.05, 0) is 48.4 Å². The molecular formula is C13H21N. The molecule has 0 aromatic heterocycles. The zero-order valence-electron chi connectivity index (χ0n) is 9.67. The van der Waals surface area contributed by atoms with Crippen LogP contribution in [0.5, 0.6) is 0 Å². The van der Waals surface area contributed by atoms with Crippen LogP contribution in [-0.2, 0) is 0 Å². The SMILES string of the molecule is Cc1ccc(N)cc1C(C)CC(C)C. The van der Waals surface area contributed by atoms with E-state index < -0.39 is 0 Å². The fraction of sp³-hybridized carbons (Fsp3) is 0.538. The quantitative estimate of drug-likeness (QED) is 0.724. The van der Waals surface area contributed by atoms with Crippen LogP contribution < -0.4 is 5.73 Å². The lowest BCUT2D eigenvalue weighted by molar-refractivity contribution is 0.522. The van der Waals surface area contributed by atoms with Gasteiger partial charge in [0.1, 0.15) is 0 Å². The Kier molecular flexibility index (Phi) is 3.56. The largest absolute Gasteiger partial charge is 0.399 e. The number of anilines is 1. The van der Waals surface area contributed by atoms with Crippen molar-refractivity contribution in [2.45, 2.75) is 40.0 Å². The maximum absolute atomic E-state index is 5.80. The lowest BCUT2D eigenvalue weighted by atomic mass is 9.89. The summed E-state index contributed by atoms with van der Waals surface area (Å²) in [6.45, 7) is 8.96. The van der Waals surface area contributed by atoms with E-state index in [4.69, 9.17) is 5.73 Å². The van der Waals surface area contributed by atoms with Crippen molar-refractivity contribution in [3.8, 4) is 0 Å². The standard InChI is InChI=1S/C13H21N/c1-9(2)7-11(4)13-8-12(14)6-5-10(13)3/h5-6,8-9,11H,7,14H2,1-4H3. The average Bonchev–Trinajstić information content (AvgIpc) is 2.08. The van der Waals surface area contributed by atoms with E-state index in [9.17, 15) is 0 Å². The molecule has 1 rings (SSSR count). The van der Waals surface area contributed by atoms with Gasteiger partial charge in [-0.25, -0.2) is 0 Å². The molecule has 1 nitrogen and oxygen atoms in total. The molecule has 0 amide bonds. The van der Waals surface area contributed by atoms with E-state index >= 15 is 0 Å². The highest BCUT2D eigenvalue weighted by Gasteiger charge is 2.10. The van der Waals surface area contributed by atoms with Crippen LogP contribution in [0.2, 0.25) is 0 Å². The summed E-state index contributed by atoms with van der Waals surface area (Å²) in [5.41, 5.74) is 9.43. The molecule has 1 heteroatoms. The smallest absolute Gasteiger partial charge is 0.0317 e. The number of hydrogen-bond acceptors (Lipinski definition) is 1. The molecule has 0 saturated heterocycles. The minimum Gasteiger partial charge on any atom is -0.399 e. The summed E-state index contributed by atoms with van der Waals surface area (Å²) in [6, 6.07) is 6.20. The van der Waals surface area contributed by atoms with Gasteiger partial charge in [0.05, 0.1) is 0 Å².